The van der Waals surface area contributed by atoms with Crippen molar-refractivity contribution in [2.24, 2.45) is 5.92 Å². The van der Waals surface area contributed by atoms with Gasteiger partial charge in [-0.25, -0.2) is 0 Å². The molecule has 0 aliphatic heterocycles. The summed E-state index contributed by atoms with van der Waals surface area (Å²) in [6.07, 6.45) is 1.07. The second-order valence-electron chi connectivity index (χ2n) is 5.25. The molecule has 92 valence electrons. The van der Waals surface area contributed by atoms with E-state index in [0.29, 0.717) is 18.6 Å². The van der Waals surface area contributed by atoms with Crippen LogP contribution in [-0.4, -0.2) is 36.5 Å². The lowest BCUT2D eigenvalue weighted by Crippen LogP contribution is -2.52. The molecule has 0 spiro atoms. The first-order valence-electron chi connectivity index (χ1n) is 5.86. The average molecular weight is 217 g/mol. The molecule has 0 aromatic heterocycles. The molecule has 15 heavy (non-hydrogen) atoms. The van der Waals surface area contributed by atoms with Crippen LogP contribution in [0.5, 0.6) is 0 Å². The molecule has 0 radical (unpaired) electrons. The molecule has 3 nitrogen and oxygen atoms in total. The van der Waals surface area contributed by atoms with E-state index >= 15 is 0 Å². The molecule has 0 amide bonds. The van der Waals surface area contributed by atoms with Crippen LogP contribution >= 0.6 is 0 Å². The van der Waals surface area contributed by atoms with Gasteiger partial charge in [-0.15, -0.1) is 0 Å². The van der Waals surface area contributed by atoms with Crippen molar-refractivity contribution in [3.63, 3.8) is 0 Å². The van der Waals surface area contributed by atoms with Crippen molar-refractivity contribution in [3.8, 4) is 0 Å². The van der Waals surface area contributed by atoms with E-state index in [1.54, 1.807) is 0 Å². The van der Waals surface area contributed by atoms with Gasteiger partial charge in [0.05, 0.1) is 18.8 Å². The van der Waals surface area contributed by atoms with Gasteiger partial charge in [0.15, 0.2) is 0 Å². The number of hydrogen-bond acceptors (Lipinski definition) is 3. The van der Waals surface area contributed by atoms with Crippen LogP contribution in [0.2, 0.25) is 0 Å². The Bertz CT molecular complexity index is 160. The first kappa shape index (κ1) is 14.9. The Hall–Kier alpha value is -0.120. The van der Waals surface area contributed by atoms with Crippen LogP contribution in [0.15, 0.2) is 0 Å². The Labute approximate surface area is 94.2 Å². The Kier molecular flexibility index (Phi) is 7.14. The van der Waals surface area contributed by atoms with Crippen LogP contribution in [0.25, 0.3) is 0 Å². The highest BCUT2D eigenvalue weighted by Crippen LogP contribution is 2.07. The number of nitrogens with one attached hydrogen (secondary N) is 1. The standard InChI is InChI=1S/C12H27NO2/c1-10(2)6-7-15-9-12(5,8-14)13-11(3)4/h10-11,13-14H,6-9H2,1-5H3. The van der Waals surface area contributed by atoms with Gasteiger partial charge in [-0.1, -0.05) is 27.7 Å². The minimum atomic E-state index is -0.314. The fourth-order valence-corrected chi connectivity index (χ4v) is 1.45. The Morgan fingerprint density at radius 1 is 1.27 bits per heavy atom. The van der Waals surface area contributed by atoms with Crippen LogP contribution in [-0.2, 0) is 4.74 Å². The van der Waals surface area contributed by atoms with Gasteiger partial charge in [-0.05, 0) is 19.3 Å². The topological polar surface area (TPSA) is 41.5 Å². The van der Waals surface area contributed by atoms with Crippen molar-refractivity contribution in [2.75, 3.05) is 19.8 Å². The highest BCUT2D eigenvalue weighted by Gasteiger charge is 2.23. The maximum absolute atomic E-state index is 9.30. The minimum absolute atomic E-state index is 0.104. The number of hydrogen-bond donors (Lipinski definition) is 2. The van der Waals surface area contributed by atoms with Gasteiger partial charge in [-0.3, -0.25) is 0 Å². The first-order valence-corrected chi connectivity index (χ1v) is 5.86. The van der Waals surface area contributed by atoms with Crippen molar-refractivity contribution in [3.05, 3.63) is 0 Å². The molecule has 0 fully saturated rings. The monoisotopic (exact) mass is 217 g/mol. The molecule has 0 rings (SSSR count). The molecular formula is C12H27NO2. The normalized spacial score (nSPS) is 16.0. The second kappa shape index (κ2) is 7.20. The van der Waals surface area contributed by atoms with E-state index in [0.717, 1.165) is 13.0 Å². The molecule has 0 aliphatic rings. The van der Waals surface area contributed by atoms with Gasteiger partial charge in [0.25, 0.3) is 0 Å². The average Bonchev–Trinajstić information content (AvgIpc) is 2.11. The van der Waals surface area contributed by atoms with E-state index in [1.165, 1.54) is 0 Å². The lowest BCUT2D eigenvalue weighted by atomic mass is 10.0. The van der Waals surface area contributed by atoms with E-state index < -0.39 is 0 Å². The van der Waals surface area contributed by atoms with Crippen molar-refractivity contribution in [1.29, 1.82) is 0 Å². The van der Waals surface area contributed by atoms with Gasteiger partial charge < -0.3 is 15.2 Å². The summed E-state index contributed by atoms with van der Waals surface area (Å²) in [4.78, 5) is 0. The molecule has 0 saturated carbocycles. The molecule has 0 aromatic rings. The largest absolute Gasteiger partial charge is 0.394 e. The number of ether oxygens (including phenoxy) is 1. The van der Waals surface area contributed by atoms with Gasteiger partial charge >= 0.3 is 0 Å². The summed E-state index contributed by atoms with van der Waals surface area (Å²) in [6.45, 7) is 11.9. The number of aliphatic hydroxyl groups excluding tert-OH is 1. The highest BCUT2D eigenvalue weighted by molar-refractivity contribution is 4.83. The highest BCUT2D eigenvalue weighted by atomic mass is 16.5. The maximum atomic E-state index is 9.30. The molecule has 1 atom stereocenters. The maximum Gasteiger partial charge on any atom is 0.0668 e. The predicted molar refractivity (Wildman–Crippen MR) is 64.0 cm³/mol. The van der Waals surface area contributed by atoms with Crippen LogP contribution in [0.3, 0.4) is 0 Å². The summed E-state index contributed by atoms with van der Waals surface area (Å²) < 4.78 is 5.58. The molecule has 3 heteroatoms. The van der Waals surface area contributed by atoms with Crippen LogP contribution < -0.4 is 5.32 Å². The molecule has 0 aliphatic carbocycles. The van der Waals surface area contributed by atoms with Crippen LogP contribution in [0, 0.1) is 5.92 Å². The molecule has 0 aromatic carbocycles. The zero-order valence-electron chi connectivity index (χ0n) is 10.8. The van der Waals surface area contributed by atoms with Gasteiger partial charge in [-0.2, -0.15) is 0 Å². The number of rotatable bonds is 8. The second-order valence-corrected chi connectivity index (χ2v) is 5.25. The Morgan fingerprint density at radius 3 is 2.27 bits per heavy atom. The molecule has 1 unspecified atom stereocenters. The lowest BCUT2D eigenvalue weighted by Gasteiger charge is -2.30. The summed E-state index contributed by atoms with van der Waals surface area (Å²) in [7, 11) is 0. The Morgan fingerprint density at radius 2 is 1.87 bits per heavy atom. The van der Waals surface area contributed by atoms with Crippen molar-refractivity contribution < 1.29 is 9.84 Å². The number of aliphatic hydroxyl groups is 1. The third kappa shape index (κ3) is 7.77. The first-order chi connectivity index (χ1) is 6.89. The zero-order chi connectivity index (χ0) is 11.9. The molecule has 0 heterocycles. The Balaban J connectivity index is 3.77. The molecule has 0 bridgehead atoms. The quantitative estimate of drug-likeness (QED) is 0.609. The molecule has 2 N–H and O–H groups in total. The smallest absolute Gasteiger partial charge is 0.0668 e. The van der Waals surface area contributed by atoms with E-state index in [4.69, 9.17) is 4.74 Å². The van der Waals surface area contributed by atoms with Gasteiger partial charge in [0.1, 0.15) is 0 Å². The zero-order valence-corrected chi connectivity index (χ0v) is 10.8. The van der Waals surface area contributed by atoms with Crippen LogP contribution in [0.4, 0.5) is 0 Å². The van der Waals surface area contributed by atoms with E-state index in [9.17, 15) is 5.11 Å². The SMILES string of the molecule is CC(C)CCOCC(C)(CO)NC(C)C. The molecule has 0 saturated heterocycles. The van der Waals surface area contributed by atoms with E-state index in [1.807, 2.05) is 6.92 Å². The van der Waals surface area contributed by atoms with Gasteiger partial charge in [0, 0.05) is 12.6 Å². The summed E-state index contributed by atoms with van der Waals surface area (Å²) in [6, 6.07) is 0.357. The third-order valence-electron chi connectivity index (χ3n) is 2.25. The van der Waals surface area contributed by atoms with Gasteiger partial charge in [0.2, 0.25) is 0 Å². The van der Waals surface area contributed by atoms with E-state index in [-0.39, 0.29) is 12.1 Å². The summed E-state index contributed by atoms with van der Waals surface area (Å²) in [5.41, 5.74) is -0.314. The van der Waals surface area contributed by atoms with E-state index in [2.05, 4.69) is 33.0 Å². The third-order valence-corrected chi connectivity index (χ3v) is 2.25. The predicted octanol–water partition coefficient (Wildman–Crippen LogP) is 1.80. The summed E-state index contributed by atoms with van der Waals surface area (Å²) in [5, 5.41) is 12.6. The lowest BCUT2D eigenvalue weighted by molar-refractivity contribution is 0.0361. The summed E-state index contributed by atoms with van der Waals surface area (Å²) >= 11 is 0. The molecular weight excluding hydrogens is 190 g/mol. The summed E-state index contributed by atoms with van der Waals surface area (Å²) in [5.74, 6) is 0.670. The fraction of sp³-hybridized carbons (Fsp3) is 1.00. The van der Waals surface area contributed by atoms with Crippen molar-refractivity contribution in [2.45, 2.75) is 52.6 Å². The van der Waals surface area contributed by atoms with Crippen molar-refractivity contribution in [1.82, 2.24) is 5.32 Å². The van der Waals surface area contributed by atoms with Crippen molar-refractivity contribution >= 4 is 0 Å². The van der Waals surface area contributed by atoms with Crippen LogP contribution in [0.1, 0.15) is 41.0 Å². The minimum Gasteiger partial charge on any atom is -0.394 e. The fourth-order valence-electron chi connectivity index (χ4n) is 1.45.